The van der Waals surface area contributed by atoms with Crippen molar-refractivity contribution in [2.24, 2.45) is 0 Å². The zero-order valence-corrected chi connectivity index (χ0v) is 24.2. The summed E-state index contributed by atoms with van der Waals surface area (Å²) in [5, 5.41) is 7.00. The molecule has 6 rings (SSSR count). The summed E-state index contributed by atoms with van der Waals surface area (Å²) < 4.78 is 0. The minimum atomic E-state index is -3.29. The molecule has 6 aromatic carbocycles. The summed E-state index contributed by atoms with van der Waals surface area (Å²) in [5.41, 5.74) is 0. The van der Waals surface area contributed by atoms with E-state index in [1.807, 2.05) is 36.4 Å². The predicted molar refractivity (Wildman–Crippen MR) is 173 cm³/mol. The molecule has 0 aromatic heterocycles. The van der Waals surface area contributed by atoms with Gasteiger partial charge in [0.15, 0.2) is 0 Å². The van der Waals surface area contributed by atoms with Crippen LogP contribution in [-0.2, 0) is 0 Å². The molecule has 0 saturated heterocycles. The van der Waals surface area contributed by atoms with Gasteiger partial charge in [-0.3, -0.25) is 0 Å². The molecule has 40 heavy (non-hydrogen) atoms. The monoisotopic (exact) mass is 546 g/mol. The van der Waals surface area contributed by atoms with E-state index in [2.05, 4.69) is 146 Å². The molecule has 3 heteroatoms. The number of benzene rings is 6. The van der Waals surface area contributed by atoms with E-state index >= 15 is 4.79 Å². The smallest absolute Gasteiger partial charge is 0.219 e. The summed E-state index contributed by atoms with van der Waals surface area (Å²) in [6, 6.07) is 63.2. The molecule has 0 fully saturated rings. The topological polar surface area (TPSA) is 17.1 Å². The maximum absolute atomic E-state index is 16.4. The van der Waals surface area contributed by atoms with Crippen LogP contribution in [0.4, 0.5) is 4.79 Å². The van der Waals surface area contributed by atoms with Gasteiger partial charge < -0.3 is 4.79 Å². The Morgan fingerprint density at radius 1 is 0.275 bits per heavy atom. The third-order valence-electron chi connectivity index (χ3n) is 7.92. The van der Waals surface area contributed by atoms with Crippen LogP contribution in [-0.4, -0.2) is 21.2 Å². The third-order valence-corrected chi connectivity index (χ3v) is 18.7. The van der Waals surface area contributed by atoms with Crippen LogP contribution < -0.4 is 31.1 Å². The van der Waals surface area contributed by atoms with Crippen LogP contribution in [0.3, 0.4) is 0 Å². The molecule has 0 N–H and O–H groups in total. The molecular formula is C37H30OSi2. The summed E-state index contributed by atoms with van der Waals surface area (Å²) in [7, 11) is -6.58. The number of hydrogen-bond donors (Lipinski definition) is 0. The highest BCUT2D eigenvalue weighted by atomic mass is 28.4. The summed E-state index contributed by atoms with van der Waals surface area (Å²) in [6.45, 7) is 0. The molecule has 0 radical (unpaired) electrons. The first-order chi connectivity index (χ1) is 19.8. The van der Waals surface area contributed by atoms with Crippen LogP contribution >= 0.6 is 0 Å². The average molecular weight is 547 g/mol. The Kier molecular flexibility index (Phi) is 7.24. The lowest BCUT2D eigenvalue weighted by Gasteiger charge is -2.41. The molecule has 0 aliphatic rings. The minimum Gasteiger partial charge on any atom is -0.308 e. The van der Waals surface area contributed by atoms with Crippen LogP contribution in [0.2, 0.25) is 0 Å². The zero-order chi connectivity index (χ0) is 27.3. The van der Waals surface area contributed by atoms with Crippen molar-refractivity contribution in [2.45, 2.75) is 0 Å². The van der Waals surface area contributed by atoms with Gasteiger partial charge in [-0.1, -0.05) is 182 Å². The Labute approximate surface area is 238 Å². The first-order valence-electron chi connectivity index (χ1n) is 13.7. The van der Waals surface area contributed by atoms with E-state index in [4.69, 9.17) is 0 Å². The lowest BCUT2D eigenvalue weighted by molar-refractivity contribution is 0.273. The molecule has 1 nitrogen and oxygen atoms in total. The molecule has 0 unspecified atom stereocenters. The van der Waals surface area contributed by atoms with E-state index in [0.717, 1.165) is 31.1 Å². The molecule has 0 amide bonds. The maximum Gasteiger partial charge on any atom is 0.219 e. The molecule has 0 saturated carbocycles. The fourth-order valence-electron chi connectivity index (χ4n) is 6.20. The van der Waals surface area contributed by atoms with Crippen molar-refractivity contribution in [1.82, 2.24) is 0 Å². The number of carbonyl (C=O) groups excluding carboxylic acids is 1. The second-order valence-electron chi connectivity index (χ2n) is 10.0. The van der Waals surface area contributed by atoms with Crippen molar-refractivity contribution in [3.05, 3.63) is 182 Å². The quantitative estimate of drug-likeness (QED) is 0.201. The second kappa shape index (κ2) is 11.3. The third kappa shape index (κ3) is 4.20. The molecule has 0 aliphatic heterocycles. The molecule has 0 aliphatic carbocycles. The van der Waals surface area contributed by atoms with Gasteiger partial charge in [-0.15, -0.1) is 0 Å². The predicted octanol–water partition coefficient (Wildman–Crippen LogP) is 4.61. The number of hydrogen-bond acceptors (Lipinski definition) is 1. The van der Waals surface area contributed by atoms with Gasteiger partial charge >= 0.3 is 0 Å². The first kappa shape index (κ1) is 25.7. The Morgan fingerprint density at radius 3 is 0.575 bits per heavy atom. The van der Waals surface area contributed by atoms with Crippen LogP contribution in [0.1, 0.15) is 0 Å². The maximum atomic E-state index is 16.4. The van der Waals surface area contributed by atoms with Gasteiger partial charge in [0.05, 0.1) is 0 Å². The molecule has 6 aromatic rings. The molecule has 0 heterocycles. The highest BCUT2D eigenvalue weighted by molar-refractivity contribution is 7.53. The molecule has 192 valence electrons. The van der Waals surface area contributed by atoms with Gasteiger partial charge in [-0.25, -0.2) is 0 Å². The Morgan fingerprint density at radius 2 is 0.425 bits per heavy atom. The van der Waals surface area contributed by atoms with Crippen molar-refractivity contribution in [3.63, 3.8) is 0 Å². The van der Waals surface area contributed by atoms with Gasteiger partial charge in [0.2, 0.25) is 16.1 Å². The largest absolute Gasteiger partial charge is 0.308 e. The van der Waals surface area contributed by atoms with Crippen molar-refractivity contribution >= 4 is 52.3 Å². The van der Waals surface area contributed by atoms with Gasteiger partial charge in [-0.05, 0) is 31.1 Å². The van der Waals surface area contributed by atoms with Crippen LogP contribution in [0, 0.1) is 0 Å². The summed E-state index contributed by atoms with van der Waals surface area (Å²) in [4.78, 5) is 16.4. The average Bonchev–Trinajstić information content (AvgIpc) is 3.05. The molecular weight excluding hydrogens is 517 g/mol. The van der Waals surface area contributed by atoms with Crippen molar-refractivity contribution in [2.75, 3.05) is 0 Å². The fourth-order valence-corrected chi connectivity index (χ4v) is 18.8. The summed E-state index contributed by atoms with van der Waals surface area (Å²) in [5.74, 6) is 0. The van der Waals surface area contributed by atoms with Crippen LogP contribution in [0.5, 0.6) is 0 Å². The summed E-state index contributed by atoms with van der Waals surface area (Å²) in [6.07, 6.45) is 0. The Balaban J connectivity index is 1.82. The fraction of sp³-hybridized carbons (Fsp3) is 0. The summed E-state index contributed by atoms with van der Waals surface area (Å²) >= 11 is 0. The number of carbonyl (C=O) groups is 1. The highest BCUT2D eigenvalue weighted by Crippen LogP contribution is 2.20. The highest BCUT2D eigenvalue weighted by Gasteiger charge is 2.59. The van der Waals surface area contributed by atoms with Crippen molar-refractivity contribution in [1.29, 1.82) is 0 Å². The van der Waals surface area contributed by atoms with Crippen molar-refractivity contribution in [3.8, 4) is 0 Å². The van der Waals surface area contributed by atoms with Crippen molar-refractivity contribution < 1.29 is 4.79 Å². The molecule has 0 atom stereocenters. The van der Waals surface area contributed by atoms with E-state index in [-0.39, 0.29) is 0 Å². The van der Waals surface area contributed by atoms with Gasteiger partial charge in [0.1, 0.15) is 5.03 Å². The van der Waals surface area contributed by atoms with Crippen LogP contribution in [0.15, 0.2) is 182 Å². The lowest BCUT2D eigenvalue weighted by Crippen LogP contribution is -2.85. The van der Waals surface area contributed by atoms with E-state index in [9.17, 15) is 0 Å². The lowest BCUT2D eigenvalue weighted by atomic mass is 10.3. The van der Waals surface area contributed by atoms with E-state index < -0.39 is 16.1 Å². The SMILES string of the molecule is O=C([Si](c1ccccc1)(c1ccccc1)c1ccccc1)[Si](c1ccccc1)(c1ccccc1)c1ccccc1. The Bertz CT molecular complexity index is 1350. The second-order valence-corrected chi connectivity index (χ2v) is 17.9. The molecule has 0 spiro atoms. The standard InChI is InChI=1S/C37H30OSi2/c38-37(39(31-19-7-1-8-20-31,32-21-9-2-10-22-32)33-23-11-3-12-24-33)40(34-25-13-4-14-26-34,35-27-15-5-16-28-35)36-29-17-6-18-30-36/h1-30H. The Hall–Kier alpha value is -4.58. The van der Waals surface area contributed by atoms with Gasteiger partial charge in [0.25, 0.3) is 0 Å². The van der Waals surface area contributed by atoms with E-state index in [1.54, 1.807) is 0 Å². The normalized spacial score (nSPS) is 11.6. The van der Waals surface area contributed by atoms with E-state index in [0.29, 0.717) is 5.03 Å². The van der Waals surface area contributed by atoms with Crippen LogP contribution in [0.25, 0.3) is 0 Å². The van der Waals surface area contributed by atoms with E-state index in [1.165, 1.54) is 0 Å². The van der Waals surface area contributed by atoms with Gasteiger partial charge in [-0.2, -0.15) is 0 Å². The number of rotatable bonds is 8. The van der Waals surface area contributed by atoms with Gasteiger partial charge in [0, 0.05) is 0 Å². The first-order valence-corrected chi connectivity index (χ1v) is 17.7. The molecule has 0 bridgehead atoms. The minimum absolute atomic E-state index is 0.354. The zero-order valence-electron chi connectivity index (χ0n) is 22.2.